The van der Waals surface area contributed by atoms with Gasteiger partial charge in [0.1, 0.15) is 6.10 Å². The first-order valence-electron chi connectivity index (χ1n) is 8.93. The number of aliphatic hydroxyl groups is 1. The second-order valence-corrected chi connectivity index (χ2v) is 7.24. The van der Waals surface area contributed by atoms with E-state index in [4.69, 9.17) is 4.74 Å². The maximum absolute atomic E-state index is 12.8. The summed E-state index contributed by atoms with van der Waals surface area (Å²) in [6.07, 6.45) is 10.9. The molecule has 22 heavy (non-hydrogen) atoms. The zero-order valence-corrected chi connectivity index (χ0v) is 13.7. The highest BCUT2D eigenvalue weighted by atomic mass is 16.6. The Morgan fingerprint density at radius 3 is 2.41 bits per heavy atom. The van der Waals surface area contributed by atoms with Gasteiger partial charge in [-0.3, -0.25) is 4.90 Å². The number of esters is 1. The third-order valence-corrected chi connectivity index (χ3v) is 5.83. The lowest BCUT2D eigenvalue weighted by Gasteiger charge is -2.45. The zero-order valence-electron chi connectivity index (χ0n) is 13.7. The first-order valence-corrected chi connectivity index (χ1v) is 8.93. The first-order chi connectivity index (χ1) is 10.6. The van der Waals surface area contributed by atoms with Crippen LogP contribution in [0.15, 0.2) is 12.2 Å². The smallest absolute Gasteiger partial charge is 0.342 e. The lowest BCUT2D eigenvalue weighted by Crippen LogP contribution is -2.55. The van der Waals surface area contributed by atoms with Crippen molar-refractivity contribution < 1.29 is 14.6 Å². The molecule has 2 unspecified atom stereocenters. The summed E-state index contributed by atoms with van der Waals surface area (Å²) in [6.45, 7) is 4.95. The Hall–Kier alpha value is -0.870. The van der Waals surface area contributed by atoms with E-state index in [9.17, 15) is 9.90 Å². The van der Waals surface area contributed by atoms with Crippen LogP contribution in [0.4, 0.5) is 0 Å². The van der Waals surface area contributed by atoms with E-state index in [0.717, 1.165) is 58.2 Å². The van der Waals surface area contributed by atoms with Crippen LogP contribution in [0.2, 0.25) is 0 Å². The molecule has 0 amide bonds. The maximum Gasteiger partial charge on any atom is 0.342 e. The molecule has 0 aromatic heterocycles. The van der Waals surface area contributed by atoms with Crippen molar-refractivity contribution in [2.45, 2.75) is 63.6 Å². The van der Waals surface area contributed by atoms with Crippen LogP contribution in [-0.4, -0.2) is 47.3 Å². The van der Waals surface area contributed by atoms with Crippen molar-refractivity contribution in [1.29, 1.82) is 0 Å². The maximum atomic E-state index is 12.8. The Balaban J connectivity index is 1.69. The molecule has 4 fully saturated rings. The van der Waals surface area contributed by atoms with Crippen LogP contribution in [0.3, 0.4) is 0 Å². The zero-order chi connectivity index (χ0) is 15.6. The Labute approximate surface area is 133 Å². The largest absolute Gasteiger partial charge is 0.458 e. The van der Waals surface area contributed by atoms with Gasteiger partial charge in [0.2, 0.25) is 0 Å². The van der Waals surface area contributed by atoms with Crippen molar-refractivity contribution in [2.75, 3.05) is 19.6 Å². The van der Waals surface area contributed by atoms with E-state index >= 15 is 0 Å². The SMILES string of the molecule is C/C=C\C(O)(C(=O)OC1CN2CCC1CC2)C1CCCCC1. The molecule has 4 rings (SSSR count). The molecule has 1 aliphatic carbocycles. The van der Waals surface area contributed by atoms with Gasteiger partial charge in [-0.15, -0.1) is 0 Å². The highest BCUT2D eigenvalue weighted by molar-refractivity contribution is 5.82. The summed E-state index contributed by atoms with van der Waals surface area (Å²) < 4.78 is 5.81. The van der Waals surface area contributed by atoms with Gasteiger partial charge in [0.15, 0.2) is 5.60 Å². The molecular formula is C18H29NO3. The number of carbonyl (C=O) groups excluding carboxylic acids is 1. The van der Waals surface area contributed by atoms with Crippen LogP contribution in [0.5, 0.6) is 0 Å². The third-order valence-electron chi connectivity index (χ3n) is 5.83. The van der Waals surface area contributed by atoms with E-state index in [2.05, 4.69) is 4.90 Å². The molecule has 3 saturated heterocycles. The molecule has 4 aliphatic rings. The molecule has 3 heterocycles. The fraction of sp³-hybridized carbons (Fsp3) is 0.833. The predicted octanol–water partition coefficient (Wildman–Crippen LogP) is 2.51. The molecule has 4 nitrogen and oxygen atoms in total. The van der Waals surface area contributed by atoms with E-state index in [1.807, 2.05) is 6.92 Å². The Kier molecular flexibility index (Phi) is 4.88. The van der Waals surface area contributed by atoms with E-state index in [-0.39, 0.29) is 12.0 Å². The lowest BCUT2D eigenvalue weighted by molar-refractivity contribution is -0.181. The lowest BCUT2D eigenvalue weighted by atomic mass is 9.76. The van der Waals surface area contributed by atoms with Gasteiger partial charge in [-0.2, -0.15) is 0 Å². The number of fused-ring (bicyclic) bond motifs is 3. The van der Waals surface area contributed by atoms with Gasteiger partial charge in [-0.05, 0) is 57.7 Å². The minimum Gasteiger partial charge on any atom is -0.458 e. The van der Waals surface area contributed by atoms with Gasteiger partial charge in [0.05, 0.1) is 0 Å². The summed E-state index contributed by atoms with van der Waals surface area (Å²) in [4.78, 5) is 15.1. The fourth-order valence-electron chi connectivity index (χ4n) is 4.44. The van der Waals surface area contributed by atoms with Crippen LogP contribution < -0.4 is 0 Å². The number of nitrogens with zero attached hydrogens (tertiary/aromatic N) is 1. The minimum atomic E-state index is -1.43. The van der Waals surface area contributed by atoms with Crippen molar-refractivity contribution in [3.05, 3.63) is 12.2 Å². The van der Waals surface area contributed by atoms with E-state index < -0.39 is 11.6 Å². The summed E-state index contributed by atoms with van der Waals surface area (Å²) >= 11 is 0. The van der Waals surface area contributed by atoms with Crippen molar-refractivity contribution in [1.82, 2.24) is 4.90 Å². The number of carbonyl (C=O) groups is 1. The molecule has 3 aliphatic heterocycles. The van der Waals surface area contributed by atoms with Gasteiger partial charge >= 0.3 is 5.97 Å². The Morgan fingerprint density at radius 1 is 1.18 bits per heavy atom. The van der Waals surface area contributed by atoms with Crippen molar-refractivity contribution >= 4 is 5.97 Å². The van der Waals surface area contributed by atoms with Crippen molar-refractivity contribution in [3.63, 3.8) is 0 Å². The van der Waals surface area contributed by atoms with E-state index in [1.54, 1.807) is 12.2 Å². The highest BCUT2D eigenvalue weighted by Crippen LogP contribution is 2.36. The first kappa shape index (κ1) is 16.0. The molecule has 1 saturated carbocycles. The van der Waals surface area contributed by atoms with Gasteiger partial charge < -0.3 is 9.84 Å². The van der Waals surface area contributed by atoms with Crippen LogP contribution in [0.1, 0.15) is 51.9 Å². The summed E-state index contributed by atoms with van der Waals surface area (Å²) in [5.41, 5.74) is -1.43. The summed E-state index contributed by atoms with van der Waals surface area (Å²) in [5.74, 6) is 0.0671. The molecular weight excluding hydrogens is 278 g/mol. The number of allylic oxidation sites excluding steroid dienone is 1. The monoisotopic (exact) mass is 307 g/mol. The molecule has 2 bridgehead atoms. The minimum absolute atomic E-state index is 0.00559. The number of hydrogen-bond donors (Lipinski definition) is 1. The van der Waals surface area contributed by atoms with Gasteiger partial charge in [0, 0.05) is 12.5 Å². The molecule has 4 heteroatoms. The molecule has 2 atom stereocenters. The van der Waals surface area contributed by atoms with Crippen LogP contribution in [-0.2, 0) is 9.53 Å². The third kappa shape index (κ3) is 3.09. The molecule has 0 radical (unpaired) electrons. The number of hydrogen-bond acceptors (Lipinski definition) is 4. The van der Waals surface area contributed by atoms with Gasteiger partial charge in [-0.1, -0.05) is 25.3 Å². The molecule has 0 spiro atoms. The van der Waals surface area contributed by atoms with E-state index in [1.165, 1.54) is 6.42 Å². The second-order valence-electron chi connectivity index (χ2n) is 7.24. The standard InChI is InChI=1S/C18H29NO3/c1-2-10-18(21,15-6-4-3-5-7-15)17(20)22-16-13-19-11-8-14(16)9-12-19/h2,10,14-16,21H,3-9,11-13H2,1H3/b10-2-. The summed E-state index contributed by atoms with van der Waals surface area (Å²) in [6, 6.07) is 0. The average Bonchev–Trinajstić information content (AvgIpc) is 2.57. The van der Waals surface area contributed by atoms with Crippen molar-refractivity contribution in [3.8, 4) is 0 Å². The predicted molar refractivity (Wildman–Crippen MR) is 85.4 cm³/mol. The van der Waals surface area contributed by atoms with E-state index in [0.29, 0.717) is 5.92 Å². The van der Waals surface area contributed by atoms with Crippen LogP contribution in [0.25, 0.3) is 0 Å². The van der Waals surface area contributed by atoms with Crippen LogP contribution >= 0.6 is 0 Å². The number of rotatable bonds is 4. The normalized spacial score (nSPS) is 35.5. The Morgan fingerprint density at radius 2 is 1.86 bits per heavy atom. The fourth-order valence-corrected chi connectivity index (χ4v) is 4.44. The average molecular weight is 307 g/mol. The van der Waals surface area contributed by atoms with Crippen LogP contribution in [0, 0.1) is 11.8 Å². The number of ether oxygens (including phenoxy) is 1. The number of piperidine rings is 3. The summed E-state index contributed by atoms with van der Waals surface area (Å²) in [5, 5.41) is 11.0. The molecule has 0 aromatic carbocycles. The Bertz CT molecular complexity index is 422. The van der Waals surface area contributed by atoms with Gasteiger partial charge in [-0.25, -0.2) is 4.79 Å². The highest BCUT2D eigenvalue weighted by Gasteiger charge is 2.46. The van der Waals surface area contributed by atoms with Crippen molar-refractivity contribution in [2.24, 2.45) is 11.8 Å². The molecule has 124 valence electrons. The topological polar surface area (TPSA) is 49.8 Å². The molecule has 1 N–H and O–H groups in total. The summed E-state index contributed by atoms with van der Waals surface area (Å²) in [7, 11) is 0. The second kappa shape index (κ2) is 6.71. The quantitative estimate of drug-likeness (QED) is 0.640. The molecule has 0 aromatic rings. The van der Waals surface area contributed by atoms with Gasteiger partial charge in [0.25, 0.3) is 0 Å².